The molecular weight excluding hydrogens is 386 g/mol. The molecule has 2 amide bonds. The van der Waals surface area contributed by atoms with Gasteiger partial charge in [-0.3, -0.25) is 14.5 Å². The van der Waals surface area contributed by atoms with Gasteiger partial charge in [-0.15, -0.1) is 0 Å². The van der Waals surface area contributed by atoms with E-state index >= 15 is 0 Å². The van der Waals surface area contributed by atoms with Crippen LogP contribution in [0, 0.1) is 0 Å². The molecule has 0 saturated carbocycles. The van der Waals surface area contributed by atoms with Crippen LogP contribution in [0.2, 0.25) is 5.02 Å². The van der Waals surface area contributed by atoms with Crippen molar-refractivity contribution in [1.29, 1.82) is 0 Å². The number of amides is 2. The lowest BCUT2D eigenvalue weighted by Gasteiger charge is -2.29. The lowest BCUT2D eigenvalue weighted by molar-refractivity contribution is -0.128. The fraction of sp³-hybridized carbons (Fsp3) is 0.211. The summed E-state index contributed by atoms with van der Waals surface area (Å²) >= 11 is 7.11. The maximum absolute atomic E-state index is 12.6. The zero-order valence-electron chi connectivity index (χ0n) is 14.8. The van der Waals surface area contributed by atoms with E-state index < -0.39 is 5.25 Å². The minimum atomic E-state index is -0.571. The number of para-hydroxylation sites is 2. The highest BCUT2D eigenvalue weighted by Crippen LogP contribution is 2.32. The van der Waals surface area contributed by atoms with Gasteiger partial charge in [0, 0.05) is 24.2 Å². The molecule has 0 aliphatic carbocycles. The molecule has 0 aromatic heterocycles. The van der Waals surface area contributed by atoms with E-state index in [0.717, 1.165) is 0 Å². The van der Waals surface area contributed by atoms with E-state index in [0.29, 0.717) is 27.3 Å². The quantitative estimate of drug-likeness (QED) is 0.839. The molecule has 8 heteroatoms. The zero-order valence-corrected chi connectivity index (χ0v) is 16.4. The SMILES string of the molecule is COc1ccccc1N=C1SC(C(=O)Nc2ccc(Cl)cc2)CC(=O)N1C. The highest BCUT2D eigenvalue weighted by Gasteiger charge is 2.34. The van der Waals surface area contributed by atoms with Gasteiger partial charge in [-0.25, -0.2) is 4.99 Å². The lowest BCUT2D eigenvalue weighted by atomic mass is 10.2. The van der Waals surface area contributed by atoms with Crippen LogP contribution in [0.5, 0.6) is 5.75 Å². The van der Waals surface area contributed by atoms with E-state index in [1.165, 1.54) is 16.7 Å². The Morgan fingerprint density at radius 2 is 1.96 bits per heavy atom. The average molecular weight is 404 g/mol. The van der Waals surface area contributed by atoms with Crippen LogP contribution >= 0.6 is 23.4 Å². The number of carbonyl (C=O) groups is 2. The fourth-order valence-corrected chi connectivity index (χ4v) is 3.66. The first-order valence-corrected chi connectivity index (χ1v) is 9.45. The molecule has 2 aromatic rings. The molecule has 27 heavy (non-hydrogen) atoms. The largest absolute Gasteiger partial charge is 0.494 e. The van der Waals surface area contributed by atoms with Crippen molar-refractivity contribution in [2.45, 2.75) is 11.7 Å². The predicted molar refractivity (Wildman–Crippen MR) is 109 cm³/mol. The highest BCUT2D eigenvalue weighted by molar-refractivity contribution is 8.15. The first-order chi connectivity index (χ1) is 13.0. The molecule has 0 radical (unpaired) electrons. The molecule has 1 aliphatic heterocycles. The summed E-state index contributed by atoms with van der Waals surface area (Å²) in [6, 6.07) is 14.1. The number of rotatable bonds is 4. The van der Waals surface area contributed by atoms with Crippen molar-refractivity contribution in [3.63, 3.8) is 0 Å². The Labute approximate surface area is 166 Å². The third kappa shape index (κ3) is 4.61. The van der Waals surface area contributed by atoms with Gasteiger partial charge in [0.15, 0.2) is 5.17 Å². The van der Waals surface area contributed by atoms with E-state index in [1.54, 1.807) is 50.6 Å². The molecule has 6 nitrogen and oxygen atoms in total. The maximum Gasteiger partial charge on any atom is 0.238 e. The van der Waals surface area contributed by atoms with E-state index in [-0.39, 0.29) is 18.2 Å². The van der Waals surface area contributed by atoms with Crippen molar-refractivity contribution >= 4 is 51.7 Å². The molecule has 1 N–H and O–H groups in total. The molecule has 0 spiro atoms. The van der Waals surface area contributed by atoms with Crippen LogP contribution in [-0.4, -0.2) is 41.3 Å². The van der Waals surface area contributed by atoms with Crippen LogP contribution in [0.1, 0.15) is 6.42 Å². The van der Waals surface area contributed by atoms with Crippen LogP contribution in [0.25, 0.3) is 0 Å². The van der Waals surface area contributed by atoms with Gasteiger partial charge in [-0.05, 0) is 36.4 Å². The van der Waals surface area contributed by atoms with E-state index in [9.17, 15) is 9.59 Å². The summed E-state index contributed by atoms with van der Waals surface area (Å²) in [4.78, 5) is 31.0. The van der Waals surface area contributed by atoms with Crippen molar-refractivity contribution in [2.24, 2.45) is 4.99 Å². The minimum absolute atomic E-state index is 0.103. The second kappa shape index (κ2) is 8.45. The summed E-state index contributed by atoms with van der Waals surface area (Å²) in [5, 5.41) is 3.28. The number of nitrogens with zero attached hydrogens (tertiary/aromatic N) is 2. The smallest absolute Gasteiger partial charge is 0.238 e. The van der Waals surface area contributed by atoms with E-state index in [1.807, 2.05) is 12.1 Å². The zero-order chi connectivity index (χ0) is 19.4. The van der Waals surface area contributed by atoms with Gasteiger partial charge in [0.05, 0.1) is 7.11 Å². The van der Waals surface area contributed by atoms with Gasteiger partial charge in [0.25, 0.3) is 0 Å². The van der Waals surface area contributed by atoms with E-state index in [2.05, 4.69) is 10.3 Å². The molecule has 1 unspecified atom stereocenters. The Balaban J connectivity index is 1.80. The Morgan fingerprint density at radius 3 is 2.67 bits per heavy atom. The Morgan fingerprint density at radius 1 is 1.26 bits per heavy atom. The first-order valence-electron chi connectivity index (χ1n) is 8.19. The molecule has 140 valence electrons. The number of hydrogen-bond donors (Lipinski definition) is 1. The van der Waals surface area contributed by atoms with Crippen LogP contribution < -0.4 is 10.1 Å². The van der Waals surface area contributed by atoms with Gasteiger partial charge in [0.1, 0.15) is 16.7 Å². The normalized spacial score (nSPS) is 18.5. The molecule has 1 heterocycles. The number of benzene rings is 2. The number of carbonyl (C=O) groups excluding carboxylic acids is 2. The molecule has 0 bridgehead atoms. The number of anilines is 1. The second-order valence-electron chi connectivity index (χ2n) is 5.83. The summed E-state index contributed by atoms with van der Waals surface area (Å²) in [6.07, 6.45) is 0.103. The standard InChI is InChI=1S/C19H18ClN3O3S/c1-23-17(24)11-16(18(25)21-13-9-7-12(20)8-10-13)27-19(23)22-14-5-3-4-6-15(14)26-2/h3-10,16H,11H2,1-2H3,(H,21,25). The predicted octanol–water partition coefficient (Wildman–Crippen LogP) is 3.94. The van der Waals surface area contributed by atoms with Crippen molar-refractivity contribution in [1.82, 2.24) is 4.90 Å². The Hall–Kier alpha value is -2.51. The molecule has 1 aliphatic rings. The van der Waals surface area contributed by atoms with Crippen molar-refractivity contribution in [3.8, 4) is 5.75 Å². The monoisotopic (exact) mass is 403 g/mol. The van der Waals surface area contributed by atoms with Crippen molar-refractivity contribution in [2.75, 3.05) is 19.5 Å². The maximum atomic E-state index is 12.6. The summed E-state index contributed by atoms with van der Waals surface area (Å²) in [5.41, 5.74) is 1.22. The van der Waals surface area contributed by atoms with Crippen LogP contribution in [0.3, 0.4) is 0 Å². The second-order valence-corrected chi connectivity index (χ2v) is 7.43. The molecule has 1 atom stereocenters. The van der Waals surface area contributed by atoms with Crippen molar-refractivity contribution < 1.29 is 14.3 Å². The lowest BCUT2D eigenvalue weighted by Crippen LogP contribution is -2.43. The number of hydrogen-bond acceptors (Lipinski definition) is 5. The number of nitrogens with one attached hydrogen (secondary N) is 1. The highest BCUT2D eigenvalue weighted by atomic mass is 35.5. The number of ether oxygens (including phenoxy) is 1. The summed E-state index contributed by atoms with van der Waals surface area (Å²) < 4.78 is 5.30. The number of aliphatic imine (C=N–C) groups is 1. The van der Waals surface area contributed by atoms with Gasteiger partial charge >= 0.3 is 0 Å². The Bertz CT molecular complexity index is 886. The number of halogens is 1. The topological polar surface area (TPSA) is 71.0 Å². The van der Waals surface area contributed by atoms with Gasteiger partial charge in [0.2, 0.25) is 11.8 Å². The minimum Gasteiger partial charge on any atom is -0.494 e. The number of methoxy groups -OCH3 is 1. The van der Waals surface area contributed by atoms with Crippen LogP contribution in [-0.2, 0) is 9.59 Å². The van der Waals surface area contributed by atoms with Gasteiger partial charge < -0.3 is 10.1 Å². The number of amidine groups is 1. The molecule has 3 rings (SSSR count). The molecule has 1 saturated heterocycles. The summed E-state index contributed by atoms with van der Waals surface area (Å²) in [6.45, 7) is 0. The first kappa shape index (κ1) is 19.3. The summed E-state index contributed by atoms with van der Waals surface area (Å²) in [5.74, 6) is 0.175. The summed E-state index contributed by atoms with van der Waals surface area (Å²) in [7, 11) is 3.21. The fourth-order valence-electron chi connectivity index (χ4n) is 2.48. The van der Waals surface area contributed by atoms with Gasteiger partial charge in [-0.2, -0.15) is 0 Å². The van der Waals surface area contributed by atoms with Crippen LogP contribution in [0.4, 0.5) is 11.4 Å². The molecular formula is C19H18ClN3O3S. The van der Waals surface area contributed by atoms with Crippen molar-refractivity contribution in [3.05, 3.63) is 53.6 Å². The van der Waals surface area contributed by atoms with Gasteiger partial charge in [-0.1, -0.05) is 35.5 Å². The third-order valence-electron chi connectivity index (χ3n) is 3.97. The van der Waals surface area contributed by atoms with E-state index in [4.69, 9.17) is 16.3 Å². The van der Waals surface area contributed by atoms with Crippen LogP contribution in [0.15, 0.2) is 53.5 Å². The average Bonchev–Trinajstić information content (AvgIpc) is 2.67. The molecule has 2 aromatic carbocycles. The third-order valence-corrected chi connectivity index (χ3v) is 5.47. The number of thioether (sulfide) groups is 1. The molecule has 1 fully saturated rings. The Kier molecular flexibility index (Phi) is 6.03.